The van der Waals surface area contributed by atoms with Gasteiger partial charge in [-0.3, -0.25) is 4.79 Å². The van der Waals surface area contributed by atoms with Crippen LogP contribution in [-0.4, -0.2) is 40.1 Å². The van der Waals surface area contributed by atoms with Gasteiger partial charge in [0, 0.05) is 29.9 Å². The average Bonchev–Trinajstić information content (AvgIpc) is 2.86. The van der Waals surface area contributed by atoms with E-state index in [2.05, 4.69) is 26.0 Å². The summed E-state index contributed by atoms with van der Waals surface area (Å²) in [5, 5.41) is 19.6. The maximum Gasteiger partial charge on any atom is 0.331 e. The number of cyclic esters (lactones) is 1. The van der Waals surface area contributed by atoms with Gasteiger partial charge in [-0.05, 0) is 51.0 Å². The van der Waals surface area contributed by atoms with Gasteiger partial charge in [-0.2, -0.15) is 0 Å². The van der Waals surface area contributed by atoms with Gasteiger partial charge < -0.3 is 14.9 Å². The van der Waals surface area contributed by atoms with Crippen LogP contribution in [0, 0.1) is 29.6 Å². The van der Waals surface area contributed by atoms with Gasteiger partial charge >= 0.3 is 11.9 Å². The van der Waals surface area contributed by atoms with Crippen molar-refractivity contribution in [2.45, 2.75) is 86.9 Å². The number of esters is 1. The SMILES string of the molecule is CCC(/C=C/C1OC(=O)C=CC1C)=C\C(C)C/C=C/C(C)=C/C(C)C(=O)C(C)C(O)C(C)C/C(C)=C/C(=O)O. The van der Waals surface area contributed by atoms with Crippen LogP contribution in [0.5, 0.6) is 0 Å². The normalized spacial score (nSPS) is 23.0. The molecule has 0 aromatic rings. The number of hydrogen-bond acceptors (Lipinski definition) is 5. The number of hydrogen-bond donors (Lipinski definition) is 2. The second kappa shape index (κ2) is 16.9. The lowest BCUT2D eigenvalue weighted by atomic mass is 9.83. The molecule has 6 heteroatoms. The summed E-state index contributed by atoms with van der Waals surface area (Å²) in [6.07, 6.45) is 17.8. The molecule has 39 heavy (non-hydrogen) atoms. The highest BCUT2D eigenvalue weighted by atomic mass is 16.5. The number of ether oxygens (including phenoxy) is 1. The highest BCUT2D eigenvalue weighted by Gasteiger charge is 2.29. The molecular formula is C33H48O6. The number of aliphatic hydroxyl groups excluding tert-OH is 1. The van der Waals surface area contributed by atoms with Crippen molar-refractivity contribution in [1.29, 1.82) is 0 Å². The van der Waals surface area contributed by atoms with Gasteiger partial charge in [0.2, 0.25) is 0 Å². The summed E-state index contributed by atoms with van der Waals surface area (Å²) in [6.45, 7) is 15.4. The number of ketones is 1. The molecule has 0 fully saturated rings. The molecule has 0 aliphatic carbocycles. The van der Waals surface area contributed by atoms with Crippen LogP contribution in [-0.2, 0) is 19.1 Å². The summed E-state index contributed by atoms with van der Waals surface area (Å²) in [4.78, 5) is 35.3. The zero-order valence-electron chi connectivity index (χ0n) is 24.9. The van der Waals surface area contributed by atoms with E-state index in [0.29, 0.717) is 17.9 Å². The fourth-order valence-corrected chi connectivity index (χ4v) is 4.75. The van der Waals surface area contributed by atoms with Crippen LogP contribution < -0.4 is 0 Å². The van der Waals surface area contributed by atoms with Gasteiger partial charge in [0.15, 0.2) is 0 Å². The summed E-state index contributed by atoms with van der Waals surface area (Å²) >= 11 is 0. The lowest BCUT2D eigenvalue weighted by molar-refractivity contribution is -0.143. The lowest BCUT2D eigenvalue weighted by Gasteiger charge is -2.25. The van der Waals surface area contributed by atoms with Crippen molar-refractivity contribution in [3.63, 3.8) is 0 Å². The van der Waals surface area contributed by atoms with Crippen molar-refractivity contribution in [1.82, 2.24) is 0 Å². The van der Waals surface area contributed by atoms with Gasteiger partial charge in [-0.15, -0.1) is 0 Å². The van der Waals surface area contributed by atoms with Crippen LogP contribution >= 0.6 is 0 Å². The summed E-state index contributed by atoms with van der Waals surface area (Å²) in [5.74, 6) is -2.01. The molecule has 0 saturated carbocycles. The predicted molar refractivity (Wildman–Crippen MR) is 157 cm³/mol. The number of Topliss-reactive ketones (excluding diaryl/α,β-unsaturated/α-hetero) is 1. The third-order valence-electron chi connectivity index (χ3n) is 7.12. The molecule has 7 atom stereocenters. The van der Waals surface area contributed by atoms with Crippen molar-refractivity contribution in [3.05, 3.63) is 71.4 Å². The first-order chi connectivity index (χ1) is 18.2. The van der Waals surface area contributed by atoms with E-state index < -0.39 is 18.0 Å². The zero-order valence-corrected chi connectivity index (χ0v) is 24.9. The van der Waals surface area contributed by atoms with Crippen molar-refractivity contribution in [2.24, 2.45) is 29.6 Å². The van der Waals surface area contributed by atoms with Crippen LogP contribution in [0.3, 0.4) is 0 Å². The minimum atomic E-state index is -1.01. The maximum atomic E-state index is 13.0. The Balaban J connectivity index is 2.69. The molecule has 216 valence electrons. The summed E-state index contributed by atoms with van der Waals surface area (Å²) < 4.78 is 5.39. The lowest BCUT2D eigenvalue weighted by Crippen LogP contribution is -2.34. The van der Waals surface area contributed by atoms with E-state index in [-0.39, 0.29) is 35.6 Å². The van der Waals surface area contributed by atoms with E-state index in [1.54, 1.807) is 13.8 Å². The van der Waals surface area contributed by atoms with E-state index in [9.17, 15) is 19.5 Å². The fraction of sp³-hybridized carbons (Fsp3) is 0.545. The number of allylic oxidation sites excluding steroid dienone is 8. The monoisotopic (exact) mass is 540 g/mol. The quantitative estimate of drug-likeness (QED) is 0.135. The molecule has 6 nitrogen and oxygen atoms in total. The predicted octanol–water partition coefficient (Wildman–Crippen LogP) is 6.78. The number of carbonyl (C=O) groups is 3. The number of carboxylic acid groups (broad SMARTS) is 1. The number of carboxylic acids is 1. The second-order valence-electron chi connectivity index (χ2n) is 11.1. The molecule has 0 bridgehead atoms. The van der Waals surface area contributed by atoms with Crippen molar-refractivity contribution < 1.29 is 29.3 Å². The Bertz CT molecular complexity index is 1020. The van der Waals surface area contributed by atoms with Crippen LogP contribution in [0.4, 0.5) is 0 Å². The van der Waals surface area contributed by atoms with E-state index in [0.717, 1.165) is 24.5 Å². The van der Waals surface area contributed by atoms with Gasteiger partial charge in [-0.1, -0.05) is 94.7 Å². The van der Waals surface area contributed by atoms with Crippen molar-refractivity contribution in [3.8, 4) is 0 Å². The van der Waals surface area contributed by atoms with E-state index in [1.807, 2.05) is 58.1 Å². The number of aliphatic hydroxyl groups is 1. The molecule has 0 aromatic carbocycles. The van der Waals surface area contributed by atoms with Crippen LogP contribution in [0.2, 0.25) is 0 Å². The van der Waals surface area contributed by atoms with Crippen LogP contribution in [0.25, 0.3) is 0 Å². The minimum Gasteiger partial charge on any atom is -0.478 e. The number of carbonyl (C=O) groups excluding carboxylic acids is 2. The number of rotatable bonds is 15. The molecule has 0 spiro atoms. The van der Waals surface area contributed by atoms with E-state index in [1.165, 1.54) is 11.6 Å². The first-order valence-electron chi connectivity index (χ1n) is 14.0. The molecule has 1 aliphatic heterocycles. The first kappa shape index (κ1) is 34.0. The van der Waals surface area contributed by atoms with Gasteiger partial charge in [0.1, 0.15) is 11.9 Å². The van der Waals surface area contributed by atoms with Crippen molar-refractivity contribution >= 4 is 17.7 Å². The maximum absolute atomic E-state index is 13.0. The molecule has 0 radical (unpaired) electrons. The molecule has 7 unspecified atom stereocenters. The molecule has 1 aliphatic rings. The minimum absolute atomic E-state index is 0.0360. The van der Waals surface area contributed by atoms with Gasteiger partial charge in [0.25, 0.3) is 0 Å². The molecule has 0 aromatic heterocycles. The Labute approximate surface area is 234 Å². The van der Waals surface area contributed by atoms with Crippen LogP contribution in [0.1, 0.15) is 74.7 Å². The van der Waals surface area contributed by atoms with Crippen molar-refractivity contribution in [2.75, 3.05) is 0 Å². The van der Waals surface area contributed by atoms with Crippen LogP contribution in [0.15, 0.2) is 71.4 Å². The number of aliphatic carboxylic acids is 1. The molecular weight excluding hydrogens is 492 g/mol. The summed E-state index contributed by atoms with van der Waals surface area (Å²) in [7, 11) is 0. The third-order valence-corrected chi connectivity index (χ3v) is 7.12. The largest absolute Gasteiger partial charge is 0.478 e. The second-order valence-corrected chi connectivity index (χ2v) is 11.1. The topological polar surface area (TPSA) is 101 Å². The van der Waals surface area contributed by atoms with E-state index >= 15 is 0 Å². The highest BCUT2D eigenvalue weighted by Crippen LogP contribution is 2.24. The Morgan fingerprint density at radius 2 is 1.77 bits per heavy atom. The summed E-state index contributed by atoms with van der Waals surface area (Å²) in [6, 6.07) is 0. The van der Waals surface area contributed by atoms with Gasteiger partial charge in [0.05, 0.1) is 6.10 Å². The molecule has 0 saturated heterocycles. The standard InChI is InChI=1S/C33H48O6/c1-9-28(14-15-29-24(5)13-16-31(36)39-29)19-22(3)12-10-11-21(2)17-25(6)32(37)27(8)33(38)26(7)18-23(4)20-30(34)35/h10-11,13-17,19-20,22,24-27,29,33,38H,9,12,18H2,1-8H3,(H,34,35)/b11-10+,15-14+,21-17+,23-20+,28-19+. The van der Waals surface area contributed by atoms with E-state index in [4.69, 9.17) is 9.84 Å². The molecule has 1 heterocycles. The summed E-state index contributed by atoms with van der Waals surface area (Å²) in [5.41, 5.74) is 2.84. The molecule has 2 N–H and O–H groups in total. The Morgan fingerprint density at radius 1 is 1.10 bits per heavy atom. The highest BCUT2D eigenvalue weighted by molar-refractivity contribution is 5.85. The van der Waals surface area contributed by atoms with Gasteiger partial charge in [-0.25, -0.2) is 9.59 Å². The zero-order chi connectivity index (χ0) is 29.7. The third kappa shape index (κ3) is 12.6. The Kier molecular flexibility index (Phi) is 14.7. The molecule has 0 amide bonds. The first-order valence-corrected chi connectivity index (χ1v) is 14.0. The average molecular weight is 541 g/mol. The molecule has 1 rings (SSSR count). The fourth-order valence-electron chi connectivity index (χ4n) is 4.75. The Morgan fingerprint density at radius 3 is 2.38 bits per heavy atom. The smallest absolute Gasteiger partial charge is 0.331 e. The Hall–Kier alpha value is -2.99.